The van der Waals surface area contributed by atoms with Crippen LogP contribution in [0.25, 0.3) is 0 Å². The van der Waals surface area contributed by atoms with Crippen LogP contribution >= 0.6 is 15.2 Å². The first kappa shape index (κ1) is 41.5. The van der Waals surface area contributed by atoms with Gasteiger partial charge in [-0.25, -0.2) is 0 Å². The van der Waals surface area contributed by atoms with Gasteiger partial charge in [0.05, 0.1) is 36.6 Å². The van der Waals surface area contributed by atoms with Gasteiger partial charge in [0.1, 0.15) is 0 Å². The van der Waals surface area contributed by atoms with Gasteiger partial charge in [-0.05, 0) is 67.6 Å². The zero-order valence-corrected chi connectivity index (χ0v) is 34.5. The van der Waals surface area contributed by atoms with Crippen LogP contribution in [0.2, 0.25) is 0 Å². The molecule has 1 heterocycles. The number of hydrogen-bond donors (Lipinski definition) is 0. The van der Waals surface area contributed by atoms with Crippen LogP contribution in [0.15, 0.2) is 0 Å². The molecule has 6 unspecified atom stereocenters. The van der Waals surface area contributed by atoms with E-state index in [1.165, 1.54) is 19.9 Å². The molecule has 0 N–H and O–H groups in total. The summed E-state index contributed by atoms with van der Waals surface area (Å²) in [5, 5.41) is 0. The summed E-state index contributed by atoms with van der Waals surface area (Å²) in [6.45, 7) is 20.1. The van der Waals surface area contributed by atoms with Crippen LogP contribution in [0.3, 0.4) is 0 Å². The normalized spacial score (nSPS) is 27.3. The average molecular weight is 805 g/mol. The summed E-state index contributed by atoms with van der Waals surface area (Å²) in [4.78, 5) is 0. The van der Waals surface area contributed by atoms with Crippen molar-refractivity contribution in [2.75, 3.05) is 19.9 Å². The molecule has 0 aromatic rings. The molecule has 1 saturated carbocycles. The third-order valence-corrected chi connectivity index (χ3v) is 7.26. The minimum absolute atomic E-state index is 0. The molecule has 6 atom stereocenters. The molecule has 0 radical (unpaired) electrons. The molecule has 0 amide bonds. The third kappa shape index (κ3) is 18.7. The van der Waals surface area contributed by atoms with Gasteiger partial charge in [0.2, 0.25) is 0 Å². The number of hydrogen-bond acceptors (Lipinski definition) is 9. The molecule has 36 heavy (non-hydrogen) atoms. The third-order valence-electron chi connectivity index (χ3n) is 4.40. The maximum absolute atomic E-state index is 12.1. The molecule has 2 fully saturated rings. The van der Waals surface area contributed by atoms with Crippen molar-refractivity contribution >= 4 is 113 Å². The Morgan fingerprint density at radius 1 is 0.750 bits per heavy atom. The van der Waals surface area contributed by atoms with E-state index in [1.807, 2.05) is 61.8 Å². The van der Waals surface area contributed by atoms with Crippen molar-refractivity contribution < 1.29 is 44.3 Å². The SMILES string of the molecule is CC(C)OC1CC[CH-]C1OP(C)(=O)OC(C)C.CC(C)OC1CO[CH-]C1OP(C)(=O)OC(C)C.[Ba+2].[Ba+2].[H-].[H-]. The summed E-state index contributed by atoms with van der Waals surface area (Å²) in [6, 6.07) is 0. The molecule has 208 valence electrons. The number of ether oxygens (including phenoxy) is 3. The fourth-order valence-corrected chi connectivity index (χ4v) is 6.51. The maximum atomic E-state index is 12.1. The topological polar surface area (TPSA) is 98.8 Å². The van der Waals surface area contributed by atoms with Crippen molar-refractivity contribution in [1.29, 1.82) is 0 Å². The molecule has 9 nitrogen and oxygen atoms in total. The summed E-state index contributed by atoms with van der Waals surface area (Å²) in [5.74, 6) is 0. The summed E-state index contributed by atoms with van der Waals surface area (Å²) < 4.78 is 62.2. The monoisotopic (exact) mass is 806 g/mol. The predicted molar refractivity (Wildman–Crippen MR) is 147 cm³/mol. The zero-order valence-electron chi connectivity index (χ0n) is 25.9. The van der Waals surface area contributed by atoms with Crippen LogP contribution in [-0.4, -0.2) is 167 Å². The first-order valence-electron chi connectivity index (χ1n) is 12.1. The molecular weight excluding hydrogens is 757 g/mol. The van der Waals surface area contributed by atoms with Crippen LogP contribution in [0.4, 0.5) is 0 Å². The molecule has 2 rings (SSSR count). The fourth-order valence-electron chi connectivity index (χ4n) is 3.59. The van der Waals surface area contributed by atoms with E-state index in [0.29, 0.717) is 6.61 Å². The second kappa shape index (κ2) is 20.3. The molecule has 1 saturated heterocycles. The van der Waals surface area contributed by atoms with Gasteiger partial charge in [-0.3, -0.25) is 15.6 Å². The van der Waals surface area contributed by atoms with Crippen LogP contribution in [0, 0.1) is 13.0 Å². The van der Waals surface area contributed by atoms with E-state index in [9.17, 15) is 9.13 Å². The Bertz CT molecular complexity index is 635. The Kier molecular flexibility index (Phi) is 23.3. The Morgan fingerprint density at radius 3 is 1.64 bits per heavy atom. The Balaban J connectivity index is -0.000000275. The van der Waals surface area contributed by atoms with E-state index < -0.39 is 21.3 Å². The van der Waals surface area contributed by atoms with Gasteiger partial charge in [-0.2, -0.15) is 13.0 Å². The summed E-state index contributed by atoms with van der Waals surface area (Å²) >= 11 is 0. The van der Waals surface area contributed by atoms with E-state index in [2.05, 4.69) is 0 Å². The van der Waals surface area contributed by atoms with Crippen molar-refractivity contribution in [3.63, 3.8) is 0 Å². The first-order valence-corrected chi connectivity index (χ1v) is 16.1. The van der Waals surface area contributed by atoms with Gasteiger partial charge in [0.15, 0.2) is 0 Å². The standard InChI is InChI=1S/C12H24O4P.C11H22O5P.2Ba.2H/c1-9(2)14-11-7-6-8-12(11)16-17(5,13)15-10(3)4;1-8(2)14-10-6-13-7-11(10)16-17(5,12)15-9(3)4;;;;/h8-12H,6-7H2,1-5H3;7-11H,6H2,1-5H3;;;;/q2*-1;2*+2;2*-1. The molecule has 2 aliphatic rings. The van der Waals surface area contributed by atoms with Crippen molar-refractivity contribution in [3.05, 3.63) is 13.0 Å². The fraction of sp³-hybridized carbons (Fsp3) is 0.913. The first-order chi connectivity index (χ1) is 15.6. The van der Waals surface area contributed by atoms with Crippen molar-refractivity contribution in [1.82, 2.24) is 0 Å². The summed E-state index contributed by atoms with van der Waals surface area (Å²) in [5.41, 5.74) is 0. The van der Waals surface area contributed by atoms with Gasteiger partial charge in [0, 0.05) is 19.9 Å². The Morgan fingerprint density at radius 2 is 1.19 bits per heavy atom. The van der Waals surface area contributed by atoms with Crippen molar-refractivity contribution in [2.45, 2.75) is 117 Å². The van der Waals surface area contributed by atoms with Crippen molar-refractivity contribution in [2.24, 2.45) is 0 Å². The summed E-state index contributed by atoms with van der Waals surface area (Å²) in [6.07, 6.45) is 2.98. The summed E-state index contributed by atoms with van der Waals surface area (Å²) in [7, 11) is -6.06. The molecule has 0 spiro atoms. The number of rotatable bonds is 12. The van der Waals surface area contributed by atoms with E-state index in [4.69, 9.17) is 32.3 Å². The van der Waals surface area contributed by atoms with Gasteiger partial charge in [-0.15, -0.1) is 0 Å². The van der Waals surface area contributed by atoms with Gasteiger partial charge < -0.3 is 35.2 Å². The van der Waals surface area contributed by atoms with Crippen LogP contribution in [0.1, 0.15) is 71.1 Å². The predicted octanol–water partition coefficient (Wildman–Crippen LogP) is 5.48. The van der Waals surface area contributed by atoms with Crippen LogP contribution < -0.4 is 0 Å². The van der Waals surface area contributed by atoms with Gasteiger partial charge >= 0.3 is 113 Å². The maximum Gasteiger partial charge on any atom is 2.00 e. The van der Waals surface area contributed by atoms with E-state index in [1.54, 1.807) is 0 Å². The molecule has 0 aromatic heterocycles. The van der Waals surface area contributed by atoms with E-state index >= 15 is 0 Å². The largest absolute Gasteiger partial charge is 2.00 e. The molecule has 0 aromatic carbocycles. The van der Waals surface area contributed by atoms with Gasteiger partial charge in [0.25, 0.3) is 0 Å². The molecular formula is C23H48Ba2O9P2. The molecule has 1 aliphatic carbocycles. The molecule has 13 heteroatoms. The Labute approximate surface area is 303 Å². The molecule has 0 bridgehead atoms. The smallest absolute Gasteiger partial charge is 1.00 e. The van der Waals surface area contributed by atoms with Gasteiger partial charge in [-0.1, -0.05) is 6.42 Å². The van der Waals surface area contributed by atoms with Crippen molar-refractivity contribution in [3.8, 4) is 0 Å². The van der Waals surface area contributed by atoms with E-state index in [0.717, 1.165) is 12.8 Å². The van der Waals surface area contributed by atoms with Crippen LogP contribution in [-0.2, 0) is 41.4 Å². The average Bonchev–Trinajstić information content (AvgIpc) is 3.21. The van der Waals surface area contributed by atoms with Crippen LogP contribution in [0.5, 0.6) is 0 Å². The minimum Gasteiger partial charge on any atom is -1.00 e. The Hall–Kier alpha value is 3.32. The second-order valence-electron chi connectivity index (χ2n) is 9.72. The molecule has 1 aliphatic heterocycles. The van der Waals surface area contributed by atoms with E-state index in [-0.39, 0.29) is 143 Å². The minimum atomic E-state index is -3.07. The second-order valence-corrected chi connectivity index (χ2v) is 13.6. The zero-order chi connectivity index (χ0) is 26.1. The quantitative estimate of drug-likeness (QED) is 0.144.